The van der Waals surface area contributed by atoms with Crippen molar-refractivity contribution in [3.63, 3.8) is 0 Å². The molecule has 0 spiro atoms. The minimum atomic E-state index is -0.406. The lowest BCUT2D eigenvalue weighted by atomic mass is 10.1. The van der Waals surface area contributed by atoms with Gasteiger partial charge in [0.25, 0.3) is 5.69 Å². The molecule has 2 aromatic carbocycles. The minimum Gasteiger partial charge on any atom is -0.313 e. The van der Waals surface area contributed by atoms with Crippen LogP contribution in [0.3, 0.4) is 0 Å². The van der Waals surface area contributed by atoms with E-state index in [4.69, 9.17) is 11.6 Å². The number of nitro groups is 1. The second-order valence-corrected chi connectivity index (χ2v) is 6.16. The molecule has 0 fully saturated rings. The average Bonchev–Trinajstić information content (AvgIpc) is 3.15. The van der Waals surface area contributed by atoms with Gasteiger partial charge in [-0.15, -0.1) is 0 Å². The first-order valence-corrected chi connectivity index (χ1v) is 7.96. The van der Waals surface area contributed by atoms with Crippen molar-refractivity contribution in [2.24, 2.45) is 7.05 Å². The maximum absolute atomic E-state index is 11.0. The van der Waals surface area contributed by atoms with Crippen LogP contribution in [-0.4, -0.2) is 18.9 Å². The summed E-state index contributed by atoms with van der Waals surface area (Å²) in [6, 6.07) is 14.1. The summed E-state index contributed by atoms with van der Waals surface area (Å²) in [5.74, 6) is 0.747. The molecule has 124 valence electrons. The Kier molecular flexibility index (Phi) is 3.54. The summed E-state index contributed by atoms with van der Waals surface area (Å²) in [5, 5.41) is 11.6. The van der Waals surface area contributed by atoms with Crippen molar-refractivity contribution in [2.45, 2.75) is 0 Å². The van der Waals surface area contributed by atoms with Crippen LogP contribution in [0, 0.1) is 10.1 Å². The zero-order valence-electron chi connectivity index (χ0n) is 13.3. The first-order valence-electron chi connectivity index (χ1n) is 7.58. The van der Waals surface area contributed by atoms with Gasteiger partial charge in [-0.3, -0.25) is 14.5 Å². The Morgan fingerprint density at radius 3 is 2.56 bits per heavy atom. The number of benzene rings is 2. The monoisotopic (exact) mass is 352 g/mol. The Hall–Kier alpha value is -3.12. The van der Waals surface area contributed by atoms with Crippen molar-refractivity contribution >= 4 is 23.1 Å². The van der Waals surface area contributed by atoms with E-state index in [1.807, 2.05) is 58.7 Å². The van der Waals surface area contributed by atoms with Crippen LogP contribution in [0.4, 0.5) is 5.69 Å². The van der Waals surface area contributed by atoms with E-state index < -0.39 is 4.92 Å². The highest BCUT2D eigenvalue weighted by molar-refractivity contribution is 6.30. The van der Waals surface area contributed by atoms with Crippen LogP contribution in [0.5, 0.6) is 0 Å². The van der Waals surface area contributed by atoms with Crippen LogP contribution in [-0.2, 0) is 7.05 Å². The third-order valence-corrected chi connectivity index (χ3v) is 4.34. The molecule has 0 unspecified atom stereocenters. The molecule has 4 rings (SSSR count). The van der Waals surface area contributed by atoms with Crippen LogP contribution in [0.25, 0.3) is 28.3 Å². The molecule has 0 aliphatic heterocycles. The van der Waals surface area contributed by atoms with Gasteiger partial charge < -0.3 is 4.57 Å². The van der Waals surface area contributed by atoms with Crippen LogP contribution < -0.4 is 0 Å². The standard InChI is InChI=1S/C18H13ClN4O2/c1-21-17(13-5-2-6-14(19)8-13)11-22-10-16(20-18(21)22)12-4-3-7-15(9-12)23(24)25/h2-11H,1H3. The lowest BCUT2D eigenvalue weighted by molar-refractivity contribution is -0.384. The summed E-state index contributed by atoms with van der Waals surface area (Å²) in [4.78, 5) is 15.2. The number of imidazole rings is 2. The van der Waals surface area contributed by atoms with Gasteiger partial charge in [0.15, 0.2) is 0 Å². The van der Waals surface area contributed by atoms with E-state index in [2.05, 4.69) is 4.98 Å². The highest BCUT2D eigenvalue weighted by atomic mass is 35.5. The molecular weight excluding hydrogens is 340 g/mol. The predicted octanol–water partition coefficient (Wildman–Crippen LogP) is 4.57. The molecular formula is C18H13ClN4O2. The summed E-state index contributed by atoms with van der Waals surface area (Å²) in [6.45, 7) is 0. The quantitative estimate of drug-likeness (QED) is 0.400. The van der Waals surface area contributed by atoms with Crippen molar-refractivity contribution in [1.29, 1.82) is 0 Å². The topological polar surface area (TPSA) is 65.4 Å². The van der Waals surface area contributed by atoms with Crippen LogP contribution in [0.15, 0.2) is 60.9 Å². The van der Waals surface area contributed by atoms with Gasteiger partial charge in [-0.1, -0.05) is 35.9 Å². The van der Waals surface area contributed by atoms with Gasteiger partial charge in [-0.05, 0) is 12.1 Å². The summed E-state index contributed by atoms with van der Waals surface area (Å²) in [5.41, 5.74) is 3.43. The van der Waals surface area contributed by atoms with Gasteiger partial charge >= 0.3 is 0 Å². The van der Waals surface area contributed by atoms with Gasteiger partial charge in [0, 0.05) is 47.7 Å². The largest absolute Gasteiger partial charge is 0.313 e. The molecule has 0 N–H and O–H groups in total. The van der Waals surface area contributed by atoms with Crippen LogP contribution in [0.1, 0.15) is 0 Å². The zero-order chi connectivity index (χ0) is 17.6. The lowest BCUT2D eigenvalue weighted by Gasteiger charge is -2.03. The fourth-order valence-electron chi connectivity index (χ4n) is 2.89. The number of halogens is 1. The Bertz CT molecular complexity index is 1110. The molecule has 0 aliphatic carbocycles. The maximum Gasteiger partial charge on any atom is 0.270 e. The number of non-ortho nitro benzene ring substituents is 1. The van der Waals surface area contributed by atoms with E-state index in [9.17, 15) is 10.1 Å². The minimum absolute atomic E-state index is 0.0502. The van der Waals surface area contributed by atoms with Gasteiger partial charge in [0.1, 0.15) is 0 Å². The first kappa shape index (κ1) is 15.4. The maximum atomic E-state index is 11.0. The number of rotatable bonds is 3. The summed E-state index contributed by atoms with van der Waals surface area (Å²) < 4.78 is 3.87. The molecule has 0 amide bonds. The van der Waals surface area contributed by atoms with Crippen molar-refractivity contribution < 1.29 is 4.92 Å². The summed E-state index contributed by atoms with van der Waals surface area (Å²) in [7, 11) is 1.93. The Morgan fingerprint density at radius 2 is 1.84 bits per heavy atom. The van der Waals surface area contributed by atoms with E-state index in [0.717, 1.165) is 17.0 Å². The summed E-state index contributed by atoms with van der Waals surface area (Å²) in [6.07, 6.45) is 3.83. The van der Waals surface area contributed by atoms with Crippen molar-refractivity contribution in [1.82, 2.24) is 14.0 Å². The molecule has 0 aliphatic rings. The van der Waals surface area contributed by atoms with E-state index in [0.29, 0.717) is 16.3 Å². The SMILES string of the molecule is Cn1c(-c2cccc(Cl)c2)cn2cc(-c3cccc([N+](=O)[O-])c3)nc12. The van der Waals surface area contributed by atoms with E-state index in [1.54, 1.807) is 6.07 Å². The predicted molar refractivity (Wildman–Crippen MR) is 96.7 cm³/mol. The molecule has 7 heteroatoms. The highest BCUT2D eigenvalue weighted by Crippen LogP contribution is 2.28. The molecule has 0 radical (unpaired) electrons. The average molecular weight is 353 g/mol. The lowest BCUT2D eigenvalue weighted by Crippen LogP contribution is -1.93. The molecule has 0 atom stereocenters. The van der Waals surface area contributed by atoms with Crippen molar-refractivity contribution in [3.05, 3.63) is 76.1 Å². The smallest absolute Gasteiger partial charge is 0.270 e. The molecule has 0 saturated carbocycles. The van der Waals surface area contributed by atoms with Gasteiger partial charge in [-0.25, -0.2) is 4.98 Å². The zero-order valence-corrected chi connectivity index (χ0v) is 14.0. The van der Waals surface area contributed by atoms with E-state index >= 15 is 0 Å². The van der Waals surface area contributed by atoms with Gasteiger partial charge in [0.05, 0.1) is 16.3 Å². The molecule has 2 aromatic heterocycles. The third-order valence-electron chi connectivity index (χ3n) is 4.11. The number of nitrogens with zero attached hydrogens (tertiary/aromatic N) is 4. The number of fused-ring (bicyclic) bond motifs is 1. The second kappa shape index (κ2) is 5.75. The normalized spacial score (nSPS) is 11.1. The summed E-state index contributed by atoms with van der Waals surface area (Å²) >= 11 is 6.08. The number of hydrogen-bond donors (Lipinski definition) is 0. The Labute approximate surface area is 148 Å². The Balaban J connectivity index is 1.80. The number of nitro benzene ring substituents is 1. The van der Waals surface area contributed by atoms with E-state index in [-0.39, 0.29) is 5.69 Å². The van der Waals surface area contributed by atoms with Crippen LogP contribution in [0.2, 0.25) is 5.02 Å². The third kappa shape index (κ3) is 2.66. The van der Waals surface area contributed by atoms with Crippen LogP contribution >= 0.6 is 11.6 Å². The first-order chi connectivity index (χ1) is 12.0. The van der Waals surface area contributed by atoms with E-state index in [1.165, 1.54) is 12.1 Å². The fourth-order valence-corrected chi connectivity index (χ4v) is 3.08. The van der Waals surface area contributed by atoms with Gasteiger partial charge in [0.2, 0.25) is 5.78 Å². The molecule has 0 bridgehead atoms. The molecule has 0 saturated heterocycles. The molecule has 4 aromatic rings. The Morgan fingerprint density at radius 1 is 1.08 bits per heavy atom. The molecule has 25 heavy (non-hydrogen) atoms. The molecule has 2 heterocycles. The fraction of sp³-hybridized carbons (Fsp3) is 0.0556. The highest BCUT2D eigenvalue weighted by Gasteiger charge is 2.14. The second-order valence-electron chi connectivity index (χ2n) is 5.72. The molecule has 6 nitrogen and oxygen atoms in total. The number of hydrogen-bond acceptors (Lipinski definition) is 3. The van der Waals surface area contributed by atoms with Gasteiger partial charge in [-0.2, -0.15) is 0 Å². The van der Waals surface area contributed by atoms with Crippen molar-refractivity contribution in [2.75, 3.05) is 0 Å². The number of aromatic nitrogens is 3. The van der Waals surface area contributed by atoms with Crippen molar-refractivity contribution in [3.8, 4) is 22.5 Å². The number of aryl methyl sites for hydroxylation is 1.